The Kier molecular flexibility index (Phi) is 8.35. The summed E-state index contributed by atoms with van der Waals surface area (Å²) in [6.45, 7) is 2.25. The molecule has 1 heterocycles. The maximum Gasteiger partial charge on any atom is 0.179 e. The second-order valence-corrected chi connectivity index (χ2v) is 8.56. The molecule has 1 unspecified atom stereocenters. The van der Waals surface area contributed by atoms with Crippen molar-refractivity contribution in [2.24, 2.45) is 5.73 Å². The normalized spacial score (nSPS) is 19.6. The zero-order valence-corrected chi connectivity index (χ0v) is 15.8. The smallest absolute Gasteiger partial charge is 0.179 e. The van der Waals surface area contributed by atoms with Gasteiger partial charge in [-0.15, -0.1) is 12.4 Å². The molecule has 1 fully saturated rings. The Bertz CT molecular complexity index is 549. The number of hydrogen-bond donors (Lipinski definition) is 1. The van der Waals surface area contributed by atoms with Gasteiger partial charge in [0, 0.05) is 17.1 Å². The van der Waals surface area contributed by atoms with E-state index in [1.165, 1.54) is 6.42 Å². The van der Waals surface area contributed by atoms with Gasteiger partial charge < -0.3 is 5.73 Å². The number of rotatable bonds is 6. The van der Waals surface area contributed by atoms with Gasteiger partial charge in [-0.2, -0.15) is 0 Å². The maximum absolute atomic E-state index is 12.4. The van der Waals surface area contributed by atoms with E-state index in [1.54, 1.807) is 24.3 Å². The highest BCUT2D eigenvalue weighted by Crippen LogP contribution is 2.21. The van der Waals surface area contributed by atoms with Crippen molar-refractivity contribution < 1.29 is 8.42 Å². The van der Waals surface area contributed by atoms with Crippen LogP contribution in [0.1, 0.15) is 25.7 Å². The molecule has 0 aliphatic carbocycles. The lowest BCUT2D eigenvalue weighted by Gasteiger charge is -2.35. The number of nitrogens with zero attached hydrogens (tertiary/aromatic N) is 1. The van der Waals surface area contributed by atoms with Gasteiger partial charge >= 0.3 is 0 Å². The van der Waals surface area contributed by atoms with Gasteiger partial charge in [0.15, 0.2) is 9.84 Å². The molecule has 0 spiro atoms. The number of nitrogens with two attached hydrogens (primary N) is 1. The molecule has 0 amide bonds. The SMILES string of the molecule is Cl.NCCC1CCCCN1CCS(=O)(=O)c1ccc(Br)cc1. The average molecular weight is 412 g/mol. The lowest BCUT2D eigenvalue weighted by atomic mass is 9.99. The first-order valence-corrected chi connectivity index (χ1v) is 9.90. The Balaban J connectivity index is 0.00000242. The maximum atomic E-state index is 12.4. The van der Waals surface area contributed by atoms with Crippen molar-refractivity contribution in [3.8, 4) is 0 Å². The Morgan fingerprint density at radius 3 is 2.55 bits per heavy atom. The number of likely N-dealkylation sites (tertiary alicyclic amines) is 1. The van der Waals surface area contributed by atoms with Gasteiger partial charge in [0.1, 0.15) is 0 Å². The lowest BCUT2D eigenvalue weighted by Crippen LogP contribution is -2.43. The van der Waals surface area contributed by atoms with Crippen molar-refractivity contribution in [3.63, 3.8) is 0 Å². The molecule has 1 aliphatic heterocycles. The monoisotopic (exact) mass is 410 g/mol. The Morgan fingerprint density at radius 1 is 1.23 bits per heavy atom. The first-order chi connectivity index (χ1) is 10.0. The summed E-state index contributed by atoms with van der Waals surface area (Å²) in [6, 6.07) is 7.31. The van der Waals surface area contributed by atoms with Crippen molar-refractivity contribution in [3.05, 3.63) is 28.7 Å². The molecule has 22 heavy (non-hydrogen) atoms. The van der Waals surface area contributed by atoms with E-state index in [4.69, 9.17) is 5.73 Å². The third kappa shape index (κ3) is 5.49. The Hall–Kier alpha value is -0.140. The van der Waals surface area contributed by atoms with Crippen LogP contribution in [0.15, 0.2) is 33.6 Å². The van der Waals surface area contributed by atoms with Crippen LogP contribution in [0.2, 0.25) is 0 Å². The van der Waals surface area contributed by atoms with Crippen LogP contribution in [0.4, 0.5) is 0 Å². The largest absolute Gasteiger partial charge is 0.330 e. The predicted molar refractivity (Wildman–Crippen MR) is 96.3 cm³/mol. The third-order valence-corrected chi connectivity index (χ3v) is 6.31. The highest BCUT2D eigenvalue weighted by Gasteiger charge is 2.24. The first-order valence-electron chi connectivity index (χ1n) is 7.45. The molecule has 1 aliphatic rings. The van der Waals surface area contributed by atoms with E-state index in [2.05, 4.69) is 20.8 Å². The molecule has 1 atom stereocenters. The number of sulfone groups is 1. The molecule has 7 heteroatoms. The highest BCUT2D eigenvalue weighted by molar-refractivity contribution is 9.10. The molecule has 1 saturated heterocycles. The summed E-state index contributed by atoms with van der Waals surface area (Å²) < 4.78 is 25.7. The van der Waals surface area contributed by atoms with Crippen LogP contribution in [-0.2, 0) is 9.84 Å². The third-order valence-electron chi connectivity index (χ3n) is 4.07. The summed E-state index contributed by atoms with van der Waals surface area (Å²) in [5.41, 5.74) is 5.66. The van der Waals surface area contributed by atoms with Crippen LogP contribution in [0, 0.1) is 0 Å². The van der Waals surface area contributed by atoms with E-state index < -0.39 is 9.84 Å². The van der Waals surface area contributed by atoms with Crippen molar-refractivity contribution >= 4 is 38.2 Å². The topological polar surface area (TPSA) is 63.4 Å². The molecular formula is C15H24BrClN2O2S. The van der Waals surface area contributed by atoms with E-state index in [-0.39, 0.29) is 18.2 Å². The minimum Gasteiger partial charge on any atom is -0.330 e. The first kappa shape index (κ1) is 19.9. The number of halogens is 2. The lowest BCUT2D eigenvalue weighted by molar-refractivity contribution is 0.151. The van der Waals surface area contributed by atoms with Crippen molar-refractivity contribution in [1.82, 2.24) is 4.90 Å². The fraction of sp³-hybridized carbons (Fsp3) is 0.600. The standard InChI is InChI=1S/C15H23BrN2O2S.ClH/c16-13-4-6-15(7-5-13)21(19,20)12-11-18-10-2-1-3-14(18)8-9-17;/h4-7,14H,1-3,8-12,17H2;1H. The van der Waals surface area contributed by atoms with Crippen molar-refractivity contribution in [1.29, 1.82) is 0 Å². The zero-order chi connectivity index (χ0) is 15.3. The summed E-state index contributed by atoms with van der Waals surface area (Å²) in [5, 5.41) is 0. The Labute approximate surface area is 147 Å². The summed E-state index contributed by atoms with van der Waals surface area (Å²) in [4.78, 5) is 2.70. The second kappa shape index (κ2) is 9.23. The summed E-state index contributed by atoms with van der Waals surface area (Å²) in [7, 11) is -3.21. The summed E-state index contributed by atoms with van der Waals surface area (Å²) in [5.74, 6) is 0.176. The van der Waals surface area contributed by atoms with Gasteiger partial charge in [-0.1, -0.05) is 22.4 Å². The molecule has 2 rings (SSSR count). The average Bonchev–Trinajstić information content (AvgIpc) is 2.47. The van der Waals surface area contributed by atoms with Gasteiger partial charge in [-0.05, 0) is 56.6 Å². The number of piperidine rings is 1. The molecule has 1 aromatic carbocycles. The van der Waals surface area contributed by atoms with Crippen LogP contribution in [0.3, 0.4) is 0 Å². The highest BCUT2D eigenvalue weighted by atomic mass is 79.9. The van der Waals surface area contributed by atoms with Gasteiger partial charge in [0.2, 0.25) is 0 Å². The van der Waals surface area contributed by atoms with Crippen molar-refractivity contribution in [2.75, 3.05) is 25.4 Å². The zero-order valence-electron chi connectivity index (χ0n) is 12.6. The van der Waals surface area contributed by atoms with Crippen molar-refractivity contribution in [2.45, 2.75) is 36.6 Å². The Morgan fingerprint density at radius 2 is 1.91 bits per heavy atom. The van der Waals surface area contributed by atoms with E-state index in [9.17, 15) is 8.42 Å². The number of benzene rings is 1. The van der Waals surface area contributed by atoms with Gasteiger partial charge in [0.25, 0.3) is 0 Å². The van der Waals surface area contributed by atoms with E-state index in [1.807, 2.05) is 0 Å². The van der Waals surface area contributed by atoms with Gasteiger partial charge in [-0.3, -0.25) is 4.90 Å². The molecule has 126 valence electrons. The fourth-order valence-electron chi connectivity index (χ4n) is 2.87. The molecule has 0 radical (unpaired) electrons. The van der Waals surface area contributed by atoms with Crippen LogP contribution in [-0.4, -0.2) is 44.7 Å². The van der Waals surface area contributed by atoms with Crippen LogP contribution in [0.5, 0.6) is 0 Å². The van der Waals surface area contributed by atoms with Gasteiger partial charge in [-0.25, -0.2) is 8.42 Å². The molecule has 0 aromatic heterocycles. The van der Waals surface area contributed by atoms with Crippen LogP contribution in [0.25, 0.3) is 0 Å². The molecule has 0 saturated carbocycles. The van der Waals surface area contributed by atoms with E-state index >= 15 is 0 Å². The molecule has 0 bridgehead atoms. The minimum atomic E-state index is -3.21. The second-order valence-electron chi connectivity index (χ2n) is 5.54. The quantitative estimate of drug-likeness (QED) is 0.782. The summed E-state index contributed by atoms with van der Waals surface area (Å²) in [6.07, 6.45) is 4.47. The van der Waals surface area contributed by atoms with Crippen LogP contribution >= 0.6 is 28.3 Å². The molecular weight excluding hydrogens is 388 g/mol. The van der Waals surface area contributed by atoms with E-state index in [0.717, 1.165) is 30.3 Å². The van der Waals surface area contributed by atoms with Gasteiger partial charge in [0.05, 0.1) is 10.6 Å². The molecule has 4 nitrogen and oxygen atoms in total. The van der Waals surface area contributed by atoms with Crippen LogP contribution < -0.4 is 5.73 Å². The molecule has 1 aromatic rings. The fourth-order valence-corrected chi connectivity index (χ4v) is 4.40. The minimum absolute atomic E-state index is 0. The molecule has 2 N–H and O–H groups in total. The predicted octanol–water partition coefficient (Wildman–Crippen LogP) is 2.85. The van der Waals surface area contributed by atoms with E-state index in [0.29, 0.717) is 24.0 Å². The summed E-state index contributed by atoms with van der Waals surface area (Å²) >= 11 is 3.32. The number of hydrogen-bond acceptors (Lipinski definition) is 4.